The monoisotopic (exact) mass is 246 g/mol. The molecule has 18 heavy (non-hydrogen) atoms. The Kier molecular flexibility index (Phi) is 2.84. The van der Waals surface area contributed by atoms with Gasteiger partial charge in [0.2, 0.25) is 5.91 Å². The Balaban J connectivity index is 2.09. The van der Waals surface area contributed by atoms with Crippen molar-refractivity contribution in [1.29, 1.82) is 0 Å². The van der Waals surface area contributed by atoms with Crippen LogP contribution in [0.2, 0.25) is 0 Å². The van der Waals surface area contributed by atoms with E-state index < -0.39 is 0 Å². The first-order chi connectivity index (χ1) is 8.66. The molecule has 2 heterocycles. The third kappa shape index (κ3) is 1.82. The SMILES string of the molecule is Cc1cc2c(c(C3CNCCO3)c1C)NC(=O)C2. The number of benzene rings is 1. The van der Waals surface area contributed by atoms with E-state index in [1.807, 2.05) is 0 Å². The Morgan fingerprint density at radius 2 is 2.22 bits per heavy atom. The smallest absolute Gasteiger partial charge is 0.228 e. The van der Waals surface area contributed by atoms with Crippen LogP contribution in [0.25, 0.3) is 0 Å². The second-order valence-corrected chi connectivity index (χ2v) is 5.05. The first-order valence-electron chi connectivity index (χ1n) is 6.42. The molecule has 2 aliphatic rings. The molecule has 4 heteroatoms. The van der Waals surface area contributed by atoms with Gasteiger partial charge in [-0.05, 0) is 30.5 Å². The van der Waals surface area contributed by atoms with Crippen molar-refractivity contribution in [2.45, 2.75) is 26.4 Å². The van der Waals surface area contributed by atoms with Crippen molar-refractivity contribution in [3.05, 3.63) is 28.3 Å². The molecular formula is C14H18N2O2. The maximum Gasteiger partial charge on any atom is 0.228 e. The lowest BCUT2D eigenvalue weighted by atomic mass is 9.93. The number of rotatable bonds is 1. The average Bonchev–Trinajstić information content (AvgIpc) is 2.71. The number of amides is 1. The van der Waals surface area contributed by atoms with Gasteiger partial charge in [0.15, 0.2) is 0 Å². The summed E-state index contributed by atoms with van der Waals surface area (Å²) in [5, 5.41) is 6.33. The van der Waals surface area contributed by atoms with Gasteiger partial charge in [0.25, 0.3) is 0 Å². The van der Waals surface area contributed by atoms with Crippen LogP contribution in [0.5, 0.6) is 0 Å². The predicted molar refractivity (Wildman–Crippen MR) is 69.8 cm³/mol. The third-order valence-corrected chi connectivity index (χ3v) is 3.84. The van der Waals surface area contributed by atoms with Crippen molar-refractivity contribution in [3.8, 4) is 0 Å². The molecule has 1 aromatic rings. The van der Waals surface area contributed by atoms with E-state index in [0.717, 1.165) is 36.5 Å². The predicted octanol–water partition coefficient (Wildman–Crippen LogP) is 1.46. The minimum absolute atomic E-state index is 0.0470. The average molecular weight is 246 g/mol. The van der Waals surface area contributed by atoms with Gasteiger partial charge in [0.1, 0.15) is 0 Å². The maximum absolute atomic E-state index is 11.6. The number of aryl methyl sites for hydroxylation is 1. The van der Waals surface area contributed by atoms with Crippen LogP contribution in [-0.4, -0.2) is 25.6 Å². The van der Waals surface area contributed by atoms with Crippen molar-refractivity contribution >= 4 is 11.6 Å². The van der Waals surface area contributed by atoms with Gasteiger partial charge in [0.05, 0.1) is 24.8 Å². The van der Waals surface area contributed by atoms with E-state index in [1.54, 1.807) is 0 Å². The second kappa shape index (κ2) is 4.37. The standard InChI is InChI=1S/C14H18N2O2/c1-8-5-10-6-12(17)16-14(10)13(9(8)2)11-7-15-3-4-18-11/h5,11,15H,3-4,6-7H2,1-2H3,(H,16,17). The number of anilines is 1. The molecule has 0 radical (unpaired) electrons. The molecule has 0 spiro atoms. The van der Waals surface area contributed by atoms with E-state index in [2.05, 4.69) is 30.5 Å². The van der Waals surface area contributed by atoms with Crippen LogP contribution in [0.4, 0.5) is 5.69 Å². The van der Waals surface area contributed by atoms with Crippen molar-refractivity contribution in [3.63, 3.8) is 0 Å². The summed E-state index contributed by atoms with van der Waals surface area (Å²) in [5.74, 6) is 0.0834. The zero-order valence-corrected chi connectivity index (χ0v) is 10.8. The molecule has 1 fully saturated rings. The quantitative estimate of drug-likeness (QED) is 0.788. The topological polar surface area (TPSA) is 50.4 Å². The summed E-state index contributed by atoms with van der Waals surface area (Å²) in [6.45, 7) is 6.63. The van der Waals surface area contributed by atoms with Crippen LogP contribution in [0, 0.1) is 13.8 Å². The molecule has 1 unspecified atom stereocenters. The molecule has 1 amide bonds. The van der Waals surface area contributed by atoms with E-state index in [-0.39, 0.29) is 12.0 Å². The number of carbonyl (C=O) groups excluding carboxylic acids is 1. The Morgan fingerprint density at radius 3 is 2.94 bits per heavy atom. The van der Waals surface area contributed by atoms with Crippen LogP contribution >= 0.6 is 0 Å². The first kappa shape index (κ1) is 11.7. The molecular weight excluding hydrogens is 228 g/mol. The zero-order chi connectivity index (χ0) is 12.7. The summed E-state index contributed by atoms with van der Waals surface area (Å²) in [5.41, 5.74) is 5.70. The van der Waals surface area contributed by atoms with Crippen LogP contribution in [0.15, 0.2) is 6.07 Å². The molecule has 96 valence electrons. The number of hydrogen-bond donors (Lipinski definition) is 2. The molecule has 2 aliphatic heterocycles. The molecule has 4 nitrogen and oxygen atoms in total. The van der Waals surface area contributed by atoms with E-state index in [9.17, 15) is 4.79 Å². The highest BCUT2D eigenvalue weighted by Gasteiger charge is 2.28. The zero-order valence-electron chi connectivity index (χ0n) is 10.8. The molecule has 0 saturated carbocycles. The Labute approximate surface area is 107 Å². The molecule has 0 bridgehead atoms. The lowest BCUT2D eigenvalue weighted by molar-refractivity contribution is -0.115. The van der Waals surface area contributed by atoms with E-state index >= 15 is 0 Å². The van der Waals surface area contributed by atoms with Crippen molar-refractivity contribution < 1.29 is 9.53 Å². The first-order valence-corrected chi connectivity index (χ1v) is 6.42. The molecule has 0 aromatic heterocycles. The number of morpholine rings is 1. The molecule has 2 N–H and O–H groups in total. The van der Waals surface area contributed by atoms with Crippen LogP contribution in [0.3, 0.4) is 0 Å². The van der Waals surface area contributed by atoms with E-state index in [0.29, 0.717) is 6.42 Å². The molecule has 1 atom stereocenters. The van der Waals surface area contributed by atoms with Gasteiger partial charge in [-0.15, -0.1) is 0 Å². The van der Waals surface area contributed by atoms with Gasteiger partial charge in [-0.1, -0.05) is 6.07 Å². The molecule has 3 rings (SSSR count). The minimum Gasteiger partial charge on any atom is -0.371 e. The van der Waals surface area contributed by atoms with Crippen LogP contribution < -0.4 is 10.6 Å². The molecule has 0 aliphatic carbocycles. The normalized spacial score (nSPS) is 22.8. The van der Waals surface area contributed by atoms with Gasteiger partial charge < -0.3 is 15.4 Å². The van der Waals surface area contributed by atoms with Crippen molar-refractivity contribution in [1.82, 2.24) is 5.32 Å². The van der Waals surface area contributed by atoms with Gasteiger partial charge >= 0.3 is 0 Å². The van der Waals surface area contributed by atoms with Crippen molar-refractivity contribution in [2.24, 2.45) is 0 Å². The minimum atomic E-state index is 0.0470. The highest BCUT2D eigenvalue weighted by molar-refractivity contribution is 6.00. The van der Waals surface area contributed by atoms with Crippen LogP contribution in [-0.2, 0) is 16.0 Å². The Bertz CT molecular complexity index is 505. The Morgan fingerprint density at radius 1 is 1.39 bits per heavy atom. The summed E-state index contributed by atoms with van der Waals surface area (Å²) in [7, 11) is 0. The Hall–Kier alpha value is -1.39. The summed E-state index contributed by atoms with van der Waals surface area (Å²) >= 11 is 0. The largest absolute Gasteiger partial charge is 0.371 e. The fourth-order valence-corrected chi connectivity index (χ4v) is 2.81. The maximum atomic E-state index is 11.6. The second-order valence-electron chi connectivity index (χ2n) is 5.05. The third-order valence-electron chi connectivity index (χ3n) is 3.84. The van der Waals surface area contributed by atoms with Crippen molar-refractivity contribution in [2.75, 3.05) is 25.0 Å². The van der Waals surface area contributed by atoms with E-state index in [4.69, 9.17) is 4.74 Å². The summed E-state index contributed by atoms with van der Waals surface area (Å²) < 4.78 is 5.85. The highest BCUT2D eigenvalue weighted by Crippen LogP contribution is 2.37. The van der Waals surface area contributed by atoms with Gasteiger partial charge in [-0.2, -0.15) is 0 Å². The number of ether oxygens (including phenoxy) is 1. The summed E-state index contributed by atoms with van der Waals surface area (Å²) in [4.78, 5) is 11.6. The number of hydrogen-bond acceptors (Lipinski definition) is 3. The number of nitrogens with one attached hydrogen (secondary N) is 2. The summed E-state index contributed by atoms with van der Waals surface area (Å²) in [6.07, 6.45) is 0.537. The van der Waals surface area contributed by atoms with Gasteiger partial charge in [-0.3, -0.25) is 4.79 Å². The fourth-order valence-electron chi connectivity index (χ4n) is 2.81. The van der Waals surface area contributed by atoms with E-state index in [1.165, 1.54) is 11.1 Å². The lowest BCUT2D eigenvalue weighted by Gasteiger charge is -2.27. The number of fused-ring (bicyclic) bond motifs is 1. The van der Waals surface area contributed by atoms with Gasteiger partial charge in [0, 0.05) is 18.7 Å². The van der Waals surface area contributed by atoms with Gasteiger partial charge in [-0.25, -0.2) is 0 Å². The van der Waals surface area contributed by atoms with Crippen LogP contribution in [0.1, 0.15) is 28.4 Å². The molecule has 1 saturated heterocycles. The summed E-state index contributed by atoms with van der Waals surface area (Å²) in [6, 6.07) is 2.11. The number of carbonyl (C=O) groups is 1. The highest BCUT2D eigenvalue weighted by atomic mass is 16.5. The lowest BCUT2D eigenvalue weighted by Crippen LogP contribution is -2.34. The molecule has 1 aromatic carbocycles. The fraction of sp³-hybridized carbons (Fsp3) is 0.500.